The largest absolute Gasteiger partial charge is 0.490 e. The number of amides is 1. The number of likely N-dealkylation sites (tertiary alicyclic amines) is 1. The van der Waals surface area contributed by atoms with Crippen LogP contribution in [0.1, 0.15) is 44.9 Å². The number of halogens is 3. The van der Waals surface area contributed by atoms with Crippen LogP contribution in [0, 0.1) is 5.92 Å². The zero-order chi connectivity index (χ0) is 17.1. The lowest BCUT2D eigenvalue weighted by Crippen LogP contribution is -2.42. The molecule has 0 aromatic carbocycles. The molecule has 1 atom stereocenters. The first-order valence-corrected chi connectivity index (χ1v) is 8.04. The summed E-state index contributed by atoms with van der Waals surface area (Å²) in [5.74, 6) is -1.49. The molecule has 3 rings (SSSR count). The van der Waals surface area contributed by atoms with Gasteiger partial charge in [-0.15, -0.1) is 0 Å². The van der Waals surface area contributed by atoms with Gasteiger partial charge in [0, 0.05) is 25.0 Å². The molecule has 8 heteroatoms. The molecule has 3 aliphatic rings. The highest BCUT2D eigenvalue weighted by Crippen LogP contribution is 2.34. The van der Waals surface area contributed by atoms with Crippen molar-refractivity contribution in [3.05, 3.63) is 0 Å². The van der Waals surface area contributed by atoms with Crippen LogP contribution in [0.5, 0.6) is 0 Å². The summed E-state index contributed by atoms with van der Waals surface area (Å²) in [5.41, 5.74) is 0.176. The SMILES string of the molecule is O=C(O)C(F)(F)F.O=C1CCC2(CCCN(CC3CC3)CC2)N1. The van der Waals surface area contributed by atoms with Crippen LogP contribution < -0.4 is 5.32 Å². The molecule has 0 aromatic heterocycles. The number of carboxylic acid groups (broad SMARTS) is 1. The molecule has 2 saturated heterocycles. The van der Waals surface area contributed by atoms with Crippen LogP contribution in [0.15, 0.2) is 0 Å². The van der Waals surface area contributed by atoms with E-state index in [0.29, 0.717) is 0 Å². The van der Waals surface area contributed by atoms with Gasteiger partial charge in [-0.25, -0.2) is 4.79 Å². The fourth-order valence-corrected chi connectivity index (χ4v) is 3.25. The zero-order valence-corrected chi connectivity index (χ0v) is 13.0. The summed E-state index contributed by atoms with van der Waals surface area (Å²) < 4.78 is 31.7. The molecule has 1 spiro atoms. The van der Waals surface area contributed by atoms with E-state index in [4.69, 9.17) is 9.90 Å². The van der Waals surface area contributed by atoms with Crippen LogP contribution in [0.2, 0.25) is 0 Å². The number of alkyl halides is 3. The van der Waals surface area contributed by atoms with Gasteiger partial charge < -0.3 is 15.3 Å². The van der Waals surface area contributed by atoms with E-state index < -0.39 is 12.1 Å². The first-order valence-electron chi connectivity index (χ1n) is 8.04. The second-order valence-corrected chi connectivity index (χ2v) is 6.73. The summed E-state index contributed by atoms with van der Waals surface area (Å²) in [7, 11) is 0. The smallest absolute Gasteiger partial charge is 0.475 e. The summed E-state index contributed by atoms with van der Waals surface area (Å²) in [6, 6.07) is 0. The van der Waals surface area contributed by atoms with Gasteiger partial charge in [0.25, 0.3) is 0 Å². The van der Waals surface area contributed by atoms with Crippen molar-refractivity contribution in [2.45, 2.75) is 56.7 Å². The summed E-state index contributed by atoms with van der Waals surface area (Å²) in [5, 5.41) is 10.4. The molecule has 23 heavy (non-hydrogen) atoms. The molecule has 1 unspecified atom stereocenters. The summed E-state index contributed by atoms with van der Waals surface area (Å²) in [6.45, 7) is 3.74. The van der Waals surface area contributed by atoms with E-state index in [-0.39, 0.29) is 11.4 Å². The van der Waals surface area contributed by atoms with Crippen molar-refractivity contribution >= 4 is 11.9 Å². The highest BCUT2D eigenvalue weighted by Gasteiger charge is 2.39. The second kappa shape index (κ2) is 7.07. The number of hydrogen-bond donors (Lipinski definition) is 2. The molecule has 1 amide bonds. The third-order valence-electron chi connectivity index (χ3n) is 4.73. The summed E-state index contributed by atoms with van der Waals surface area (Å²) in [6.07, 6.45) is 3.25. The highest BCUT2D eigenvalue weighted by atomic mass is 19.4. The highest BCUT2D eigenvalue weighted by molar-refractivity contribution is 5.79. The van der Waals surface area contributed by atoms with E-state index in [1.165, 1.54) is 51.7 Å². The van der Waals surface area contributed by atoms with E-state index in [0.717, 1.165) is 18.8 Å². The number of carbonyl (C=O) groups is 2. The van der Waals surface area contributed by atoms with Gasteiger partial charge >= 0.3 is 12.1 Å². The summed E-state index contributed by atoms with van der Waals surface area (Å²) in [4.78, 5) is 22.9. The molecule has 0 bridgehead atoms. The average Bonchev–Trinajstić information content (AvgIpc) is 3.21. The Labute approximate surface area is 133 Å². The molecule has 3 fully saturated rings. The molecule has 5 nitrogen and oxygen atoms in total. The lowest BCUT2D eigenvalue weighted by Gasteiger charge is -2.27. The summed E-state index contributed by atoms with van der Waals surface area (Å²) >= 11 is 0. The van der Waals surface area contributed by atoms with Crippen LogP contribution in [0.4, 0.5) is 13.2 Å². The maximum Gasteiger partial charge on any atom is 0.490 e. The monoisotopic (exact) mass is 336 g/mol. The molecule has 1 aliphatic carbocycles. The third kappa shape index (κ3) is 5.67. The Morgan fingerprint density at radius 1 is 1.26 bits per heavy atom. The number of hydrogen-bond acceptors (Lipinski definition) is 3. The van der Waals surface area contributed by atoms with Crippen molar-refractivity contribution in [2.75, 3.05) is 19.6 Å². The minimum Gasteiger partial charge on any atom is -0.475 e. The number of rotatable bonds is 2. The topological polar surface area (TPSA) is 69.6 Å². The van der Waals surface area contributed by atoms with E-state index in [1.54, 1.807) is 0 Å². The van der Waals surface area contributed by atoms with E-state index in [2.05, 4.69) is 10.2 Å². The Kier molecular flexibility index (Phi) is 5.54. The van der Waals surface area contributed by atoms with Crippen molar-refractivity contribution < 1.29 is 27.9 Å². The first kappa shape index (κ1) is 18.0. The van der Waals surface area contributed by atoms with Crippen LogP contribution in [0.25, 0.3) is 0 Å². The van der Waals surface area contributed by atoms with Crippen LogP contribution in [-0.2, 0) is 9.59 Å². The quantitative estimate of drug-likeness (QED) is 0.811. The van der Waals surface area contributed by atoms with Gasteiger partial charge in [0.2, 0.25) is 5.91 Å². The van der Waals surface area contributed by atoms with Crippen LogP contribution in [0.3, 0.4) is 0 Å². The minimum absolute atomic E-state index is 0.176. The van der Waals surface area contributed by atoms with Gasteiger partial charge in [-0.3, -0.25) is 4.79 Å². The maximum absolute atomic E-state index is 11.4. The van der Waals surface area contributed by atoms with Gasteiger partial charge in [-0.05, 0) is 51.0 Å². The average molecular weight is 336 g/mol. The van der Waals surface area contributed by atoms with Crippen molar-refractivity contribution in [1.82, 2.24) is 10.2 Å². The fraction of sp³-hybridized carbons (Fsp3) is 0.867. The molecule has 132 valence electrons. The fourth-order valence-electron chi connectivity index (χ4n) is 3.25. The molecule has 0 radical (unpaired) electrons. The Hall–Kier alpha value is -1.31. The Balaban J connectivity index is 0.000000236. The predicted octanol–water partition coefficient (Wildman–Crippen LogP) is 2.16. The third-order valence-corrected chi connectivity index (χ3v) is 4.73. The van der Waals surface area contributed by atoms with E-state index in [9.17, 15) is 18.0 Å². The number of carboxylic acids is 1. The van der Waals surface area contributed by atoms with Gasteiger partial charge in [-0.1, -0.05) is 0 Å². The first-order chi connectivity index (χ1) is 10.7. The van der Waals surface area contributed by atoms with Crippen molar-refractivity contribution in [2.24, 2.45) is 5.92 Å². The normalized spacial score (nSPS) is 28.7. The lowest BCUT2D eigenvalue weighted by atomic mass is 9.89. The molecular weight excluding hydrogens is 313 g/mol. The van der Waals surface area contributed by atoms with Gasteiger partial charge in [0.05, 0.1) is 0 Å². The Morgan fingerprint density at radius 2 is 1.91 bits per heavy atom. The minimum atomic E-state index is -5.08. The van der Waals surface area contributed by atoms with E-state index in [1.807, 2.05) is 0 Å². The number of nitrogens with zero attached hydrogens (tertiary/aromatic N) is 1. The molecule has 2 aliphatic heterocycles. The van der Waals surface area contributed by atoms with Crippen molar-refractivity contribution in [1.29, 1.82) is 0 Å². The number of carbonyl (C=O) groups excluding carboxylic acids is 1. The van der Waals surface area contributed by atoms with Gasteiger partial charge in [0.15, 0.2) is 0 Å². The molecule has 1 saturated carbocycles. The van der Waals surface area contributed by atoms with Crippen LogP contribution >= 0.6 is 0 Å². The Bertz CT molecular complexity index is 452. The predicted molar refractivity (Wildman–Crippen MR) is 76.8 cm³/mol. The standard InChI is InChI=1S/C13H22N2O.C2HF3O2/c16-12-4-6-13(14-12)5-1-8-15(9-7-13)10-11-2-3-11;3-2(4,5)1(6)7/h11H,1-10H2,(H,14,16);(H,6,7). The van der Waals surface area contributed by atoms with Crippen LogP contribution in [-0.4, -0.2) is 53.2 Å². The number of nitrogens with one attached hydrogen (secondary N) is 1. The number of aliphatic carboxylic acids is 1. The molecular formula is C15H23F3N2O3. The van der Waals surface area contributed by atoms with Crippen molar-refractivity contribution in [3.63, 3.8) is 0 Å². The molecule has 2 heterocycles. The maximum atomic E-state index is 11.4. The van der Waals surface area contributed by atoms with Gasteiger partial charge in [0.1, 0.15) is 0 Å². The molecule has 0 aromatic rings. The second-order valence-electron chi connectivity index (χ2n) is 6.73. The zero-order valence-electron chi connectivity index (χ0n) is 13.0. The molecule has 2 N–H and O–H groups in total. The van der Waals surface area contributed by atoms with Gasteiger partial charge in [-0.2, -0.15) is 13.2 Å². The van der Waals surface area contributed by atoms with E-state index >= 15 is 0 Å². The van der Waals surface area contributed by atoms with Crippen molar-refractivity contribution in [3.8, 4) is 0 Å². The lowest BCUT2D eigenvalue weighted by molar-refractivity contribution is -0.192. The Morgan fingerprint density at radius 3 is 2.39 bits per heavy atom.